The van der Waals surface area contributed by atoms with Gasteiger partial charge in [-0.25, -0.2) is 13.1 Å². The fourth-order valence-corrected chi connectivity index (χ4v) is 3.85. The summed E-state index contributed by atoms with van der Waals surface area (Å²) in [7, 11) is -3.60. The standard InChI is InChI=1S/C19H21N3O6S/c1-12(2)22-29(25,26)15-6-4-14(5-7-15)21-18(23)10-20-19(24)13-3-8-16-17(9-13)28-11-27-16/h3-9,12,22H,10-11H2,1-2H3,(H,20,24)(H,21,23). The van der Waals surface area contributed by atoms with E-state index >= 15 is 0 Å². The van der Waals surface area contributed by atoms with E-state index in [2.05, 4.69) is 15.4 Å². The number of rotatable bonds is 7. The van der Waals surface area contributed by atoms with E-state index in [0.29, 0.717) is 22.7 Å². The maximum absolute atomic E-state index is 12.2. The summed E-state index contributed by atoms with van der Waals surface area (Å²) in [6.45, 7) is 3.31. The highest BCUT2D eigenvalue weighted by molar-refractivity contribution is 7.89. The lowest BCUT2D eigenvalue weighted by Gasteiger charge is -2.11. The summed E-state index contributed by atoms with van der Waals surface area (Å²) in [5.41, 5.74) is 0.755. The van der Waals surface area contributed by atoms with Crippen molar-refractivity contribution in [3.63, 3.8) is 0 Å². The molecular formula is C19H21N3O6S. The first-order valence-electron chi connectivity index (χ1n) is 8.85. The Morgan fingerprint density at radius 1 is 1.03 bits per heavy atom. The van der Waals surface area contributed by atoms with Gasteiger partial charge >= 0.3 is 0 Å². The molecule has 3 N–H and O–H groups in total. The average molecular weight is 419 g/mol. The molecule has 0 aromatic heterocycles. The second-order valence-electron chi connectivity index (χ2n) is 6.60. The third kappa shape index (κ3) is 5.24. The molecule has 1 aliphatic rings. The number of nitrogens with one attached hydrogen (secondary N) is 3. The van der Waals surface area contributed by atoms with Gasteiger partial charge in [-0.05, 0) is 56.3 Å². The van der Waals surface area contributed by atoms with Crippen LogP contribution in [0.4, 0.5) is 5.69 Å². The van der Waals surface area contributed by atoms with Crippen molar-refractivity contribution in [3.8, 4) is 11.5 Å². The van der Waals surface area contributed by atoms with E-state index in [-0.39, 0.29) is 24.3 Å². The Kier molecular flexibility index (Phi) is 6.04. The molecule has 9 nitrogen and oxygen atoms in total. The van der Waals surface area contributed by atoms with Gasteiger partial charge in [-0.2, -0.15) is 0 Å². The number of carbonyl (C=O) groups excluding carboxylic acids is 2. The largest absolute Gasteiger partial charge is 0.454 e. The minimum absolute atomic E-state index is 0.0975. The predicted octanol–water partition coefficient (Wildman–Crippen LogP) is 1.47. The summed E-state index contributed by atoms with van der Waals surface area (Å²) < 4.78 is 37.1. The zero-order valence-electron chi connectivity index (χ0n) is 15.9. The highest BCUT2D eigenvalue weighted by atomic mass is 32.2. The first-order valence-corrected chi connectivity index (χ1v) is 10.3. The van der Waals surface area contributed by atoms with Gasteiger partial charge in [-0.1, -0.05) is 0 Å². The molecule has 2 amide bonds. The number of fused-ring (bicyclic) bond motifs is 1. The fourth-order valence-electron chi connectivity index (χ4n) is 2.60. The van der Waals surface area contributed by atoms with Gasteiger partial charge in [0.1, 0.15) is 0 Å². The van der Waals surface area contributed by atoms with Crippen molar-refractivity contribution >= 4 is 27.5 Å². The molecule has 2 aromatic rings. The number of amides is 2. The first-order chi connectivity index (χ1) is 13.7. The van der Waals surface area contributed by atoms with Crippen LogP contribution in [0, 0.1) is 0 Å². The van der Waals surface area contributed by atoms with Gasteiger partial charge in [0.25, 0.3) is 5.91 Å². The van der Waals surface area contributed by atoms with Crippen LogP contribution in [0.3, 0.4) is 0 Å². The quantitative estimate of drug-likeness (QED) is 0.625. The van der Waals surface area contributed by atoms with Crippen LogP contribution < -0.4 is 24.8 Å². The van der Waals surface area contributed by atoms with Crippen LogP contribution in [0.5, 0.6) is 11.5 Å². The van der Waals surface area contributed by atoms with Crippen molar-refractivity contribution in [3.05, 3.63) is 48.0 Å². The monoisotopic (exact) mass is 419 g/mol. The van der Waals surface area contributed by atoms with Crippen LogP contribution in [0.1, 0.15) is 24.2 Å². The predicted molar refractivity (Wildman–Crippen MR) is 105 cm³/mol. The van der Waals surface area contributed by atoms with E-state index in [1.165, 1.54) is 24.3 Å². The zero-order chi connectivity index (χ0) is 21.0. The minimum Gasteiger partial charge on any atom is -0.454 e. The number of anilines is 1. The average Bonchev–Trinajstić information content (AvgIpc) is 3.13. The van der Waals surface area contributed by atoms with Crippen molar-refractivity contribution in [2.75, 3.05) is 18.7 Å². The van der Waals surface area contributed by atoms with Gasteiger partial charge in [0, 0.05) is 17.3 Å². The van der Waals surface area contributed by atoms with Crippen LogP contribution in [-0.2, 0) is 14.8 Å². The van der Waals surface area contributed by atoms with E-state index in [0.717, 1.165) is 0 Å². The molecule has 0 unspecified atom stereocenters. The highest BCUT2D eigenvalue weighted by Crippen LogP contribution is 2.32. The molecule has 1 aliphatic heterocycles. The van der Waals surface area contributed by atoms with Crippen LogP contribution >= 0.6 is 0 Å². The molecule has 0 fully saturated rings. The summed E-state index contributed by atoms with van der Waals surface area (Å²) in [4.78, 5) is 24.3. The number of sulfonamides is 1. The molecule has 2 aromatic carbocycles. The minimum atomic E-state index is -3.60. The summed E-state index contributed by atoms with van der Waals surface area (Å²) in [5, 5.41) is 5.11. The molecule has 0 aliphatic carbocycles. The van der Waals surface area contributed by atoms with E-state index in [1.807, 2.05) is 0 Å². The van der Waals surface area contributed by atoms with Crippen molar-refractivity contribution in [1.29, 1.82) is 0 Å². The van der Waals surface area contributed by atoms with Crippen LogP contribution in [0.25, 0.3) is 0 Å². The molecule has 0 saturated heterocycles. The Bertz CT molecular complexity index is 1020. The summed E-state index contributed by atoms with van der Waals surface area (Å²) >= 11 is 0. The molecular weight excluding hydrogens is 398 g/mol. The second kappa shape index (κ2) is 8.50. The lowest BCUT2D eigenvalue weighted by atomic mass is 10.2. The Morgan fingerprint density at radius 3 is 2.41 bits per heavy atom. The van der Waals surface area contributed by atoms with Crippen molar-refractivity contribution in [2.24, 2.45) is 0 Å². The Balaban J connectivity index is 1.53. The third-order valence-electron chi connectivity index (χ3n) is 3.88. The first kappa shape index (κ1) is 20.6. The highest BCUT2D eigenvalue weighted by Gasteiger charge is 2.17. The van der Waals surface area contributed by atoms with Crippen LogP contribution in [-0.4, -0.2) is 39.6 Å². The van der Waals surface area contributed by atoms with E-state index in [4.69, 9.17) is 9.47 Å². The maximum Gasteiger partial charge on any atom is 0.251 e. The summed E-state index contributed by atoms with van der Waals surface area (Å²) in [5.74, 6) is 0.159. The third-order valence-corrected chi connectivity index (χ3v) is 5.56. The summed E-state index contributed by atoms with van der Waals surface area (Å²) in [6.07, 6.45) is 0. The molecule has 0 spiro atoms. The van der Waals surface area contributed by atoms with E-state index in [9.17, 15) is 18.0 Å². The normalized spacial score (nSPS) is 12.7. The van der Waals surface area contributed by atoms with Crippen molar-refractivity contribution < 1.29 is 27.5 Å². The van der Waals surface area contributed by atoms with Gasteiger partial charge in [-0.3, -0.25) is 9.59 Å². The van der Waals surface area contributed by atoms with Gasteiger partial charge < -0.3 is 20.1 Å². The number of hydrogen-bond donors (Lipinski definition) is 3. The number of hydrogen-bond acceptors (Lipinski definition) is 6. The topological polar surface area (TPSA) is 123 Å². The smallest absolute Gasteiger partial charge is 0.251 e. The van der Waals surface area contributed by atoms with Gasteiger partial charge in [0.05, 0.1) is 11.4 Å². The van der Waals surface area contributed by atoms with E-state index in [1.54, 1.807) is 32.0 Å². The number of ether oxygens (including phenoxy) is 2. The molecule has 0 bridgehead atoms. The number of benzene rings is 2. The Morgan fingerprint density at radius 2 is 1.72 bits per heavy atom. The fraction of sp³-hybridized carbons (Fsp3) is 0.263. The summed E-state index contributed by atoms with van der Waals surface area (Å²) in [6, 6.07) is 10.3. The zero-order valence-corrected chi connectivity index (χ0v) is 16.7. The molecule has 0 atom stereocenters. The van der Waals surface area contributed by atoms with Crippen LogP contribution in [0.15, 0.2) is 47.4 Å². The molecule has 10 heteroatoms. The SMILES string of the molecule is CC(C)NS(=O)(=O)c1ccc(NC(=O)CNC(=O)c2ccc3c(c2)OCO3)cc1. The molecule has 29 heavy (non-hydrogen) atoms. The molecule has 0 radical (unpaired) electrons. The number of carbonyl (C=O) groups is 2. The molecule has 3 rings (SSSR count). The van der Waals surface area contributed by atoms with E-state index < -0.39 is 21.8 Å². The Hall–Kier alpha value is -3.11. The van der Waals surface area contributed by atoms with Crippen molar-refractivity contribution in [2.45, 2.75) is 24.8 Å². The van der Waals surface area contributed by atoms with Gasteiger partial charge in [0.15, 0.2) is 11.5 Å². The maximum atomic E-state index is 12.2. The van der Waals surface area contributed by atoms with Crippen molar-refractivity contribution in [1.82, 2.24) is 10.0 Å². The van der Waals surface area contributed by atoms with Gasteiger partial charge in [-0.15, -0.1) is 0 Å². The lowest BCUT2D eigenvalue weighted by Crippen LogP contribution is -2.32. The van der Waals surface area contributed by atoms with Crippen LogP contribution in [0.2, 0.25) is 0 Å². The second-order valence-corrected chi connectivity index (χ2v) is 8.31. The lowest BCUT2D eigenvalue weighted by molar-refractivity contribution is -0.115. The molecule has 1 heterocycles. The van der Waals surface area contributed by atoms with Gasteiger partial charge in [0.2, 0.25) is 22.7 Å². The Labute approximate surface area is 168 Å². The molecule has 0 saturated carbocycles. The molecule has 154 valence electrons.